The van der Waals surface area contributed by atoms with Gasteiger partial charge in [0, 0.05) is 18.8 Å². The van der Waals surface area contributed by atoms with Crippen molar-refractivity contribution in [2.45, 2.75) is 26.7 Å². The van der Waals surface area contributed by atoms with E-state index < -0.39 is 0 Å². The summed E-state index contributed by atoms with van der Waals surface area (Å²) in [5, 5.41) is 5.42. The molecule has 1 aromatic carbocycles. The molecule has 0 unspecified atom stereocenters. The molecule has 1 aliphatic heterocycles. The lowest BCUT2D eigenvalue weighted by Crippen LogP contribution is -2.30. The number of hydrogen-bond donors (Lipinski definition) is 0. The summed E-state index contributed by atoms with van der Waals surface area (Å²) < 4.78 is 0. The molecule has 0 radical (unpaired) electrons. The molecule has 1 aromatic rings. The number of allylic oxidation sites excluding steroid dienone is 2. The monoisotopic (exact) mass is 363 g/mol. The Morgan fingerprint density at radius 3 is 2.07 bits per heavy atom. The maximum Gasteiger partial charge on any atom is 0.254 e. The van der Waals surface area contributed by atoms with Crippen LogP contribution in [0.15, 0.2) is 41.5 Å². The molecular weight excluding hydrogens is 338 g/mol. The van der Waals surface area contributed by atoms with Gasteiger partial charge in [0.15, 0.2) is 0 Å². The van der Waals surface area contributed by atoms with Crippen LogP contribution in [0.3, 0.4) is 0 Å². The molecule has 3 fully saturated rings. The third-order valence-electron chi connectivity index (χ3n) is 7.17. The van der Waals surface area contributed by atoms with Crippen LogP contribution < -0.4 is 4.90 Å². The summed E-state index contributed by atoms with van der Waals surface area (Å²) in [4.78, 5) is 28.1. The second kappa shape index (κ2) is 5.78. The minimum atomic E-state index is -0.183. The van der Waals surface area contributed by atoms with Gasteiger partial charge >= 0.3 is 0 Å². The molecule has 1 saturated heterocycles. The molecule has 3 aliphatic carbocycles. The third-order valence-corrected chi connectivity index (χ3v) is 7.17. The summed E-state index contributed by atoms with van der Waals surface area (Å²) in [7, 11) is 0. The van der Waals surface area contributed by atoms with Crippen LogP contribution in [0.4, 0.5) is 5.69 Å². The van der Waals surface area contributed by atoms with Gasteiger partial charge in [0.05, 0.1) is 18.1 Å². The van der Waals surface area contributed by atoms with Gasteiger partial charge in [-0.05, 0) is 61.6 Å². The van der Waals surface area contributed by atoms with Crippen LogP contribution >= 0.6 is 0 Å². The van der Waals surface area contributed by atoms with E-state index in [1.807, 2.05) is 12.1 Å². The maximum absolute atomic E-state index is 12.9. The number of imide groups is 1. The molecule has 4 aliphatic rings. The zero-order valence-corrected chi connectivity index (χ0v) is 15.8. The van der Waals surface area contributed by atoms with E-state index in [9.17, 15) is 9.59 Å². The Balaban J connectivity index is 1.34. The van der Waals surface area contributed by atoms with Crippen molar-refractivity contribution < 1.29 is 9.59 Å². The Bertz CT molecular complexity index is 815. The topological polar surface area (TPSA) is 53.0 Å². The van der Waals surface area contributed by atoms with Crippen LogP contribution in [0.2, 0.25) is 0 Å². The highest BCUT2D eigenvalue weighted by Crippen LogP contribution is 2.73. The first-order valence-electron chi connectivity index (χ1n) is 10.1. The highest BCUT2D eigenvalue weighted by Gasteiger charge is 2.73. The van der Waals surface area contributed by atoms with Crippen molar-refractivity contribution in [3.63, 3.8) is 0 Å². The lowest BCUT2D eigenvalue weighted by molar-refractivity contribution is -0.141. The number of anilines is 1. The minimum absolute atomic E-state index is 0.107. The molecule has 4 atom stereocenters. The molecule has 1 heterocycles. The fourth-order valence-electron chi connectivity index (χ4n) is 5.66. The highest BCUT2D eigenvalue weighted by molar-refractivity contribution is 6.07. The van der Waals surface area contributed by atoms with Crippen molar-refractivity contribution in [3.8, 4) is 0 Å². The Hall–Kier alpha value is -2.43. The van der Waals surface area contributed by atoms with E-state index in [0.29, 0.717) is 0 Å². The maximum atomic E-state index is 12.9. The summed E-state index contributed by atoms with van der Waals surface area (Å²) in [5.41, 5.74) is 2.29. The van der Waals surface area contributed by atoms with Crippen LogP contribution in [0, 0.1) is 29.1 Å². The van der Waals surface area contributed by atoms with E-state index in [1.54, 1.807) is 6.21 Å². The largest absolute Gasteiger partial charge is 0.372 e. The van der Waals surface area contributed by atoms with Gasteiger partial charge in [0.1, 0.15) is 0 Å². The summed E-state index contributed by atoms with van der Waals surface area (Å²) in [6, 6.07) is 8.07. The Kier molecular flexibility index (Phi) is 3.58. The van der Waals surface area contributed by atoms with E-state index in [1.165, 1.54) is 0 Å². The average molecular weight is 363 g/mol. The zero-order valence-electron chi connectivity index (χ0n) is 15.8. The normalized spacial score (nSPS) is 32.1. The molecular formula is C22H25N3O2. The molecule has 5 nitrogen and oxygen atoms in total. The second-order valence-corrected chi connectivity index (χ2v) is 8.22. The van der Waals surface area contributed by atoms with Crippen molar-refractivity contribution >= 4 is 23.7 Å². The Labute approximate surface area is 159 Å². The number of hydrogen-bond acceptors (Lipinski definition) is 4. The number of carbonyl (C=O) groups is 2. The molecule has 2 bridgehead atoms. The molecule has 140 valence electrons. The van der Waals surface area contributed by atoms with Gasteiger partial charge in [-0.15, -0.1) is 0 Å². The van der Waals surface area contributed by atoms with Crippen molar-refractivity contribution in [2.24, 2.45) is 34.2 Å². The smallest absolute Gasteiger partial charge is 0.254 e. The number of rotatable bonds is 5. The first-order valence-corrected chi connectivity index (χ1v) is 10.1. The number of fused-ring (bicyclic) bond motifs is 3. The Morgan fingerprint density at radius 1 is 1.04 bits per heavy atom. The number of hydrazone groups is 1. The SMILES string of the molecule is CCN(CC)c1ccc(/C=N\N2C(=O)[C@@H]3[C@H](C2=O)[C@@H]2C=C[C@H]3C23CC3)cc1. The first-order chi connectivity index (χ1) is 13.1. The van der Waals surface area contributed by atoms with Gasteiger partial charge in [-0.2, -0.15) is 10.1 Å². The number of carbonyl (C=O) groups excluding carboxylic acids is 2. The number of benzene rings is 1. The number of nitrogens with zero attached hydrogens (tertiary/aromatic N) is 3. The molecule has 1 spiro atoms. The zero-order chi connectivity index (χ0) is 18.8. The van der Waals surface area contributed by atoms with Crippen LogP contribution in [0.25, 0.3) is 0 Å². The quantitative estimate of drug-likeness (QED) is 0.459. The summed E-state index contributed by atoms with van der Waals surface area (Å²) >= 11 is 0. The van der Waals surface area contributed by atoms with Crippen LogP contribution in [-0.4, -0.2) is 36.1 Å². The molecule has 5 rings (SSSR count). The highest BCUT2D eigenvalue weighted by atomic mass is 16.2. The minimum Gasteiger partial charge on any atom is -0.372 e. The molecule has 27 heavy (non-hydrogen) atoms. The molecule has 2 amide bonds. The molecule has 5 heteroatoms. The average Bonchev–Trinajstić information content (AvgIpc) is 3.29. The van der Waals surface area contributed by atoms with E-state index in [-0.39, 0.29) is 40.9 Å². The third kappa shape index (κ3) is 2.20. The molecule has 2 saturated carbocycles. The van der Waals surface area contributed by atoms with E-state index in [2.05, 4.69) is 48.1 Å². The van der Waals surface area contributed by atoms with Crippen molar-refractivity contribution in [1.82, 2.24) is 5.01 Å². The van der Waals surface area contributed by atoms with E-state index >= 15 is 0 Å². The van der Waals surface area contributed by atoms with Crippen molar-refractivity contribution in [3.05, 3.63) is 42.0 Å². The standard InChI is InChI=1S/C22H25N3O2/c1-3-24(4-2)15-7-5-14(6-8-15)13-23-25-20(26)18-16-9-10-17(19(18)21(25)27)22(16)11-12-22/h5-10,13,16-19H,3-4,11-12H2,1-2H3/b23-13-/t16-,17+,18+,19-. The summed E-state index contributed by atoms with van der Waals surface area (Å²) in [5.74, 6) is -0.0855. The predicted molar refractivity (Wildman–Crippen MR) is 104 cm³/mol. The lowest BCUT2D eigenvalue weighted by atomic mass is 9.85. The molecule has 0 N–H and O–H groups in total. The Morgan fingerprint density at radius 2 is 1.59 bits per heavy atom. The van der Waals surface area contributed by atoms with Crippen LogP contribution in [0.1, 0.15) is 32.3 Å². The van der Waals surface area contributed by atoms with Crippen LogP contribution in [-0.2, 0) is 9.59 Å². The van der Waals surface area contributed by atoms with Crippen LogP contribution in [0.5, 0.6) is 0 Å². The van der Waals surface area contributed by atoms with Crippen molar-refractivity contribution in [2.75, 3.05) is 18.0 Å². The van der Waals surface area contributed by atoms with E-state index in [4.69, 9.17) is 0 Å². The fraction of sp³-hybridized carbons (Fsp3) is 0.500. The molecule has 0 aromatic heterocycles. The summed E-state index contributed by atoms with van der Waals surface area (Å²) in [6.45, 7) is 6.19. The van der Waals surface area contributed by atoms with Crippen molar-refractivity contribution in [1.29, 1.82) is 0 Å². The fourth-order valence-corrected chi connectivity index (χ4v) is 5.66. The van der Waals surface area contributed by atoms with E-state index in [0.717, 1.165) is 42.2 Å². The first kappa shape index (κ1) is 16.7. The number of amides is 2. The van der Waals surface area contributed by atoms with Gasteiger partial charge in [0.2, 0.25) is 0 Å². The predicted octanol–water partition coefficient (Wildman–Crippen LogP) is 3.06. The van der Waals surface area contributed by atoms with Gasteiger partial charge in [0.25, 0.3) is 11.8 Å². The van der Waals surface area contributed by atoms with Gasteiger partial charge in [-0.1, -0.05) is 24.3 Å². The van der Waals surface area contributed by atoms with Gasteiger partial charge in [-0.25, -0.2) is 0 Å². The second-order valence-electron chi connectivity index (χ2n) is 8.22. The lowest BCUT2D eigenvalue weighted by Gasteiger charge is -2.21. The van der Waals surface area contributed by atoms with Gasteiger partial charge in [-0.3, -0.25) is 9.59 Å². The van der Waals surface area contributed by atoms with Gasteiger partial charge < -0.3 is 4.90 Å². The summed E-state index contributed by atoms with van der Waals surface area (Å²) in [6.07, 6.45) is 8.31.